The largest absolute Gasteiger partial charge is 2.00 e. The minimum atomic E-state index is -1.13. The fourth-order valence-corrected chi connectivity index (χ4v) is 9.95. The molecule has 6 rings (SSSR count). The van der Waals surface area contributed by atoms with Crippen molar-refractivity contribution in [2.45, 2.75) is 0 Å². The van der Waals surface area contributed by atoms with Crippen LogP contribution in [0.3, 0.4) is 0 Å². The van der Waals surface area contributed by atoms with Crippen molar-refractivity contribution >= 4 is 49.0 Å². The molecule has 0 aliphatic heterocycles. The molecule has 0 heterocycles. The van der Waals surface area contributed by atoms with E-state index in [2.05, 4.69) is 121 Å². The van der Waals surface area contributed by atoms with E-state index in [0.717, 1.165) is 0 Å². The first kappa shape index (κ1) is 37.2. The first-order valence-corrected chi connectivity index (χ1v) is 17.9. The van der Waals surface area contributed by atoms with Crippen molar-refractivity contribution in [3.8, 4) is 0 Å². The van der Waals surface area contributed by atoms with Crippen molar-refractivity contribution in [3.05, 3.63) is 193 Å². The molecule has 0 unspecified atom stereocenters. The third-order valence-corrected chi connectivity index (χ3v) is 12.2. The molecule has 0 N–H and O–H groups in total. The predicted octanol–water partition coefficient (Wildman–Crippen LogP) is 5.35. The molecular formula is C40H34O4P2Ru. The van der Waals surface area contributed by atoms with Crippen LogP contribution in [0.2, 0.25) is 0 Å². The molecule has 236 valence electrons. The summed E-state index contributed by atoms with van der Waals surface area (Å²) in [6.45, 7) is 0. The number of aromatic carboxylic acids is 2. The maximum Gasteiger partial charge on any atom is 2.00 e. The summed E-state index contributed by atoms with van der Waals surface area (Å²) in [4.78, 5) is 20.2. The second kappa shape index (κ2) is 20.8. The number of hydrogen-bond donors (Lipinski definition) is 0. The maximum atomic E-state index is 10.1. The SMILES string of the molecule is O=C([O-])c1ccccc1.O=C([O-])c1ccccc1.[Ru+2].c1ccc(P(CCP(c2ccccc2)c2ccccc2)c2ccccc2)cc1. The van der Waals surface area contributed by atoms with Gasteiger partial charge in [-0.05, 0) is 60.5 Å². The van der Waals surface area contributed by atoms with Gasteiger partial charge in [0.2, 0.25) is 0 Å². The van der Waals surface area contributed by atoms with Crippen LogP contribution < -0.4 is 31.4 Å². The molecule has 4 nitrogen and oxygen atoms in total. The Morgan fingerprint density at radius 1 is 0.362 bits per heavy atom. The zero-order valence-electron chi connectivity index (χ0n) is 25.6. The standard InChI is InChI=1S/C26H24P2.2C7H6O2.Ru/c1-5-13-23(14-6-1)27(24-15-7-2-8-16-24)21-22-28(25-17-9-3-10-18-25)26-19-11-4-12-20-26;2*8-7(9)6-4-2-1-3-5-6;/h1-20H,21-22H2;2*1-5H,(H,8,9);/q;;;+2/p-2. The van der Waals surface area contributed by atoms with Crippen molar-refractivity contribution in [2.75, 3.05) is 12.3 Å². The number of carbonyl (C=O) groups is 2. The molecule has 0 fully saturated rings. The Hall–Kier alpha value is -4.26. The monoisotopic (exact) mass is 742 g/mol. The van der Waals surface area contributed by atoms with Gasteiger partial charge in [-0.25, -0.2) is 0 Å². The summed E-state index contributed by atoms with van der Waals surface area (Å²) in [5.41, 5.74) is 0.440. The molecule has 6 aromatic rings. The van der Waals surface area contributed by atoms with E-state index >= 15 is 0 Å². The van der Waals surface area contributed by atoms with Crippen molar-refractivity contribution in [1.82, 2.24) is 0 Å². The fourth-order valence-electron chi connectivity index (χ4n) is 4.59. The Balaban J connectivity index is 0.000000258. The van der Waals surface area contributed by atoms with E-state index in [1.165, 1.54) is 57.8 Å². The number of carboxylic acid groups (broad SMARTS) is 2. The number of hydrogen-bond acceptors (Lipinski definition) is 4. The first-order valence-electron chi connectivity index (χ1n) is 14.8. The number of carbonyl (C=O) groups excluding carboxylic acids is 2. The van der Waals surface area contributed by atoms with Crippen molar-refractivity contribution in [2.24, 2.45) is 0 Å². The van der Waals surface area contributed by atoms with Crippen LogP contribution in [-0.4, -0.2) is 24.3 Å². The van der Waals surface area contributed by atoms with Gasteiger partial charge in [0.05, 0.1) is 11.9 Å². The summed E-state index contributed by atoms with van der Waals surface area (Å²) in [6, 6.07) is 60.3. The van der Waals surface area contributed by atoms with Crippen molar-refractivity contribution < 1.29 is 39.3 Å². The maximum absolute atomic E-state index is 10.1. The topological polar surface area (TPSA) is 80.3 Å². The molecule has 0 saturated heterocycles. The minimum absolute atomic E-state index is 0. The predicted molar refractivity (Wildman–Crippen MR) is 189 cm³/mol. The number of rotatable bonds is 9. The van der Waals surface area contributed by atoms with Gasteiger partial charge in [-0.2, -0.15) is 0 Å². The van der Waals surface area contributed by atoms with Crippen LogP contribution in [0.1, 0.15) is 20.7 Å². The number of benzene rings is 6. The molecule has 0 spiro atoms. The molecule has 0 aliphatic carbocycles. The van der Waals surface area contributed by atoms with Gasteiger partial charge in [0, 0.05) is 0 Å². The molecular weight excluding hydrogens is 707 g/mol. The molecule has 0 aromatic heterocycles. The normalized spacial score (nSPS) is 10.0. The summed E-state index contributed by atoms with van der Waals surface area (Å²) in [5.74, 6) is -2.26. The van der Waals surface area contributed by atoms with Crippen molar-refractivity contribution in [3.63, 3.8) is 0 Å². The minimum Gasteiger partial charge on any atom is -0.545 e. The van der Waals surface area contributed by atoms with Gasteiger partial charge >= 0.3 is 19.5 Å². The summed E-state index contributed by atoms with van der Waals surface area (Å²) in [6.07, 6.45) is 2.41. The van der Waals surface area contributed by atoms with Gasteiger partial charge in [0.25, 0.3) is 0 Å². The van der Waals surface area contributed by atoms with E-state index in [9.17, 15) is 19.8 Å². The second-order valence-corrected chi connectivity index (χ2v) is 14.6. The zero-order chi connectivity index (χ0) is 32.4. The van der Waals surface area contributed by atoms with E-state index in [1.54, 1.807) is 36.4 Å². The zero-order valence-corrected chi connectivity index (χ0v) is 29.1. The van der Waals surface area contributed by atoms with Gasteiger partial charge in [-0.15, -0.1) is 0 Å². The Kier molecular flexibility index (Phi) is 16.5. The molecule has 0 radical (unpaired) electrons. The van der Waals surface area contributed by atoms with Crippen LogP contribution in [0.25, 0.3) is 0 Å². The van der Waals surface area contributed by atoms with Gasteiger partial charge < -0.3 is 19.8 Å². The smallest absolute Gasteiger partial charge is 0.545 e. The van der Waals surface area contributed by atoms with Gasteiger partial charge in [-0.1, -0.05) is 182 Å². The Bertz CT molecular complexity index is 1520. The number of carboxylic acids is 2. The Morgan fingerprint density at radius 3 is 0.723 bits per heavy atom. The molecule has 47 heavy (non-hydrogen) atoms. The van der Waals surface area contributed by atoms with Crippen LogP contribution in [0.4, 0.5) is 0 Å². The van der Waals surface area contributed by atoms with E-state index in [4.69, 9.17) is 0 Å². The van der Waals surface area contributed by atoms with Crippen LogP contribution in [-0.2, 0) is 19.5 Å². The quantitative estimate of drug-likeness (QED) is 0.148. The Morgan fingerprint density at radius 2 is 0.553 bits per heavy atom. The van der Waals surface area contributed by atoms with Gasteiger partial charge in [0.15, 0.2) is 0 Å². The van der Waals surface area contributed by atoms with Crippen LogP contribution >= 0.6 is 15.8 Å². The van der Waals surface area contributed by atoms with Crippen LogP contribution in [0.15, 0.2) is 182 Å². The second-order valence-electron chi connectivity index (χ2n) is 9.95. The average Bonchev–Trinajstić information content (AvgIpc) is 3.13. The van der Waals surface area contributed by atoms with E-state index in [-0.39, 0.29) is 46.4 Å². The fraction of sp³-hybridized carbons (Fsp3) is 0.0500. The average molecular weight is 742 g/mol. The van der Waals surface area contributed by atoms with Crippen molar-refractivity contribution in [1.29, 1.82) is 0 Å². The summed E-state index contributed by atoms with van der Waals surface area (Å²) < 4.78 is 0. The van der Waals surface area contributed by atoms with E-state index in [1.807, 2.05) is 0 Å². The molecule has 6 aromatic carbocycles. The van der Waals surface area contributed by atoms with Gasteiger partial charge in [0.1, 0.15) is 0 Å². The molecule has 0 atom stereocenters. The first-order chi connectivity index (χ1) is 22.5. The van der Waals surface area contributed by atoms with E-state index < -0.39 is 11.9 Å². The third kappa shape index (κ3) is 12.5. The molecule has 0 saturated carbocycles. The third-order valence-electron chi connectivity index (χ3n) is 6.84. The molecule has 0 amide bonds. The van der Waals surface area contributed by atoms with E-state index in [0.29, 0.717) is 0 Å². The molecule has 0 aliphatic rings. The van der Waals surface area contributed by atoms with Crippen LogP contribution in [0.5, 0.6) is 0 Å². The van der Waals surface area contributed by atoms with Gasteiger partial charge in [-0.3, -0.25) is 0 Å². The summed E-state index contributed by atoms with van der Waals surface area (Å²) in [7, 11) is -0.696. The molecule has 7 heteroatoms. The van der Waals surface area contributed by atoms with Crippen LogP contribution in [0, 0.1) is 0 Å². The Labute approximate surface area is 292 Å². The summed E-state index contributed by atoms with van der Waals surface area (Å²) >= 11 is 0. The summed E-state index contributed by atoms with van der Waals surface area (Å²) in [5, 5.41) is 26.1. The molecule has 0 bridgehead atoms.